The van der Waals surface area contributed by atoms with E-state index in [1.54, 1.807) is 12.1 Å². The van der Waals surface area contributed by atoms with Gasteiger partial charge in [0.25, 0.3) is 0 Å². The number of ether oxygens (including phenoxy) is 1. The van der Waals surface area contributed by atoms with E-state index < -0.39 is 0 Å². The van der Waals surface area contributed by atoms with Crippen LogP contribution in [-0.4, -0.2) is 34.7 Å². The Balaban J connectivity index is 1.30. The van der Waals surface area contributed by atoms with Crippen LogP contribution in [0, 0.1) is 18.7 Å². The predicted octanol–water partition coefficient (Wildman–Crippen LogP) is 4.40. The van der Waals surface area contributed by atoms with Gasteiger partial charge in [-0.2, -0.15) is 4.98 Å². The van der Waals surface area contributed by atoms with Crippen molar-refractivity contribution in [1.82, 2.24) is 15.0 Å². The first-order valence-electron chi connectivity index (χ1n) is 10.1. The highest BCUT2D eigenvalue weighted by atomic mass is 19.1. The second-order valence-corrected chi connectivity index (χ2v) is 7.69. The largest absolute Gasteiger partial charge is 0.493 e. The predicted molar refractivity (Wildman–Crippen MR) is 108 cm³/mol. The van der Waals surface area contributed by atoms with E-state index in [2.05, 4.69) is 28.0 Å². The molecule has 0 unspecified atom stereocenters. The van der Waals surface area contributed by atoms with Gasteiger partial charge >= 0.3 is 0 Å². The van der Waals surface area contributed by atoms with Crippen molar-refractivity contribution in [3.63, 3.8) is 0 Å². The molecule has 0 spiro atoms. The summed E-state index contributed by atoms with van der Waals surface area (Å²) in [6, 6.07) is 14.8. The number of piperidine rings is 1. The zero-order valence-electron chi connectivity index (χ0n) is 16.7. The molecule has 1 aliphatic rings. The number of rotatable bonds is 7. The molecule has 29 heavy (non-hydrogen) atoms. The number of aryl methyl sites for hydroxylation is 1. The highest BCUT2D eigenvalue weighted by molar-refractivity contribution is 5.31. The second-order valence-electron chi connectivity index (χ2n) is 7.69. The molecule has 2 heterocycles. The minimum Gasteiger partial charge on any atom is -0.493 e. The highest BCUT2D eigenvalue weighted by Crippen LogP contribution is 2.22. The van der Waals surface area contributed by atoms with Gasteiger partial charge in [0.05, 0.1) is 13.2 Å². The minimum absolute atomic E-state index is 0.244. The van der Waals surface area contributed by atoms with Crippen LogP contribution in [0.3, 0.4) is 0 Å². The zero-order chi connectivity index (χ0) is 20.1. The molecule has 6 heteroatoms. The Hall–Kier alpha value is -2.73. The van der Waals surface area contributed by atoms with E-state index in [-0.39, 0.29) is 5.82 Å². The molecule has 1 aliphatic heterocycles. The third-order valence-electron chi connectivity index (χ3n) is 5.35. The lowest BCUT2D eigenvalue weighted by atomic mass is 9.99. The molecule has 0 N–H and O–H groups in total. The van der Waals surface area contributed by atoms with Gasteiger partial charge in [-0.25, -0.2) is 4.39 Å². The molecule has 0 aliphatic carbocycles. The van der Waals surface area contributed by atoms with Crippen LogP contribution in [0.25, 0.3) is 0 Å². The van der Waals surface area contributed by atoms with Crippen LogP contribution in [0.15, 0.2) is 53.1 Å². The maximum Gasteiger partial charge on any atom is 0.240 e. The number of benzene rings is 2. The van der Waals surface area contributed by atoms with Crippen LogP contribution in [0.4, 0.5) is 4.39 Å². The highest BCUT2D eigenvalue weighted by Gasteiger charge is 2.22. The van der Waals surface area contributed by atoms with Gasteiger partial charge in [-0.05, 0) is 49.6 Å². The number of likely N-dealkylation sites (tertiary alicyclic amines) is 1. The average molecular weight is 395 g/mol. The summed E-state index contributed by atoms with van der Waals surface area (Å²) in [4.78, 5) is 6.78. The van der Waals surface area contributed by atoms with Crippen LogP contribution in [0.2, 0.25) is 0 Å². The van der Waals surface area contributed by atoms with Crippen molar-refractivity contribution in [3.8, 4) is 5.75 Å². The first-order chi connectivity index (χ1) is 14.2. The van der Waals surface area contributed by atoms with E-state index in [1.165, 1.54) is 6.07 Å². The SMILES string of the molecule is Cc1ccccc1OC[C@H]1CCCN(Cc2nc(Cc3ccccc3F)no2)C1. The molecular formula is C23H26FN3O2. The molecular weight excluding hydrogens is 369 g/mol. The van der Waals surface area contributed by atoms with E-state index in [4.69, 9.17) is 9.26 Å². The van der Waals surface area contributed by atoms with Crippen LogP contribution < -0.4 is 4.74 Å². The quantitative estimate of drug-likeness (QED) is 0.594. The lowest BCUT2D eigenvalue weighted by Crippen LogP contribution is -2.37. The van der Waals surface area contributed by atoms with Crippen LogP contribution in [-0.2, 0) is 13.0 Å². The Kier molecular flexibility index (Phi) is 6.20. The molecule has 1 fully saturated rings. The van der Waals surface area contributed by atoms with E-state index in [0.29, 0.717) is 42.8 Å². The van der Waals surface area contributed by atoms with Crippen molar-refractivity contribution in [2.75, 3.05) is 19.7 Å². The number of nitrogens with zero attached hydrogens (tertiary/aromatic N) is 3. The van der Waals surface area contributed by atoms with Crippen molar-refractivity contribution in [2.45, 2.75) is 32.7 Å². The third-order valence-corrected chi connectivity index (χ3v) is 5.35. The number of para-hydroxylation sites is 1. The summed E-state index contributed by atoms with van der Waals surface area (Å²) < 4.78 is 25.3. The molecule has 1 aromatic heterocycles. The maximum atomic E-state index is 13.8. The molecule has 2 aromatic carbocycles. The number of hydrogen-bond acceptors (Lipinski definition) is 5. The molecule has 152 valence electrons. The fraction of sp³-hybridized carbons (Fsp3) is 0.391. The fourth-order valence-corrected chi connectivity index (χ4v) is 3.79. The Bertz CT molecular complexity index is 943. The standard InChI is InChI=1S/C23H26FN3O2/c1-17-7-2-5-11-21(17)28-16-18-8-6-12-27(14-18)15-23-25-22(26-29-23)13-19-9-3-4-10-20(19)24/h2-5,7,9-11,18H,6,8,12-16H2,1H3/t18-/m0/s1. The van der Waals surface area contributed by atoms with Crippen molar-refractivity contribution >= 4 is 0 Å². The van der Waals surface area contributed by atoms with Gasteiger partial charge in [-0.1, -0.05) is 41.6 Å². The Morgan fingerprint density at radius 1 is 1.17 bits per heavy atom. The monoisotopic (exact) mass is 395 g/mol. The third kappa shape index (κ3) is 5.21. The first-order valence-corrected chi connectivity index (χ1v) is 10.1. The molecule has 0 amide bonds. The fourth-order valence-electron chi connectivity index (χ4n) is 3.79. The van der Waals surface area contributed by atoms with Crippen LogP contribution in [0.5, 0.6) is 5.75 Å². The molecule has 4 rings (SSSR count). The summed E-state index contributed by atoms with van der Waals surface area (Å²) in [6.07, 6.45) is 2.62. The van der Waals surface area contributed by atoms with E-state index in [0.717, 1.165) is 37.2 Å². The van der Waals surface area contributed by atoms with Gasteiger partial charge in [0.15, 0.2) is 5.82 Å². The zero-order valence-corrected chi connectivity index (χ0v) is 16.7. The summed E-state index contributed by atoms with van der Waals surface area (Å²) in [5.41, 5.74) is 1.74. The summed E-state index contributed by atoms with van der Waals surface area (Å²) in [7, 11) is 0. The number of hydrogen-bond donors (Lipinski definition) is 0. The van der Waals surface area contributed by atoms with Gasteiger partial charge in [0.2, 0.25) is 5.89 Å². The van der Waals surface area contributed by atoms with Gasteiger partial charge < -0.3 is 9.26 Å². The lowest BCUT2D eigenvalue weighted by molar-refractivity contribution is 0.115. The molecule has 3 aromatic rings. The first kappa shape index (κ1) is 19.6. The molecule has 0 radical (unpaired) electrons. The number of halogens is 1. The summed E-state index contributed by atoms with van der Waals surface area (Å²) >= 11 is 0. The lowest BCUT2D eigenvalue weighted by Gasteiger charge is -2.31. The van der Waals surface area contributed by atoms with Crippen molar-refractivity contribution in [1.29, 1.82) is 0 Å². The number of aromatic nitrogens is 2. The van der Waals surface area contributed by atoms with Crippen molar-refractivity contribution in [3.05, 3.63) is 77.2 Å². The molecule has 0 saturated carbocycles. The molecule has 0 bridgehead atoms. The summed E-state index contributed by atoms with van der Waals surface area (Å²) in [5.74, 6) is 2.29. The van der Waals surface area contributed by atoms with Gasteiger partial charge in [-0.15, -0.1) is 0 Å². The van der Waals surface area contributed by atoms with Gasteiger partial charge in [-0.3, -0.25) is 4.90 Å². The molecule has 1 saturated heterocycles. The van der Waals surface area contributed by atoms with E-state index in [9.17, 15) is 4.39 Å². The Labute approximate surface area is 170 Å². The normalized spacial score (nSPS) is 17.4. The molecule has 1 atom stereocenters. The van der Waals surface area contributed by atoms with Crippen LogP contribution in [0.1, 0.15) is 35.7 Å². The van der Waals surface area contributed by atoms with Gasteiger partial charge in [0.1, 0.15) is 11.6 Å². The maximum absolute atomic E-state index is 13.8. The Morgan fingerprint density at radius 2 is 2.00 bits per heavy atom. The van der Waals surface area contributed by atoms with E-state index >= 15 is 0 Å². The van der Waals surface area contributed by atoms with E-state index in [1.807, 2.05) is 24.3 Å². The van der Waals surface area contributed by atoms with Crippen molar-refractivity contribution in [2.24, 2.45) is 5.92 Å². The average Bonchev–Trinajstić information content (AvgIpc) is 3.16. The Morgan fingerprint density at radius 3 is 2.86 bits per heavy atom. The minimum atomic E-state index is -0.244. The van der Waals surface area contributed by atoms with Crippen LogP contribution >= 0.6 is 0 Å². The molecule has 5 nitrogen and oxygen atoms in total. The second kappa shape index (κ2) is 9.18. The summed E-state index contributed by atoms with van der Waals surface area (Å²) in [5, 5.41) is 4.02. The summed E-state index contributed by atoms with van der Waals surface area (Å²) in [6.45, 7) is 5.34. The van der Waals surface area contributed by atoms with Gasteiger partial charge in [0, 0.05) is 18.9 Å². The topological polar surface area (TPSA) is 51.4 Å². The smallest absolute Gasteiger partial charge is 0.240 e. The van der Waals surface area contributed by atoms with Crippen molar-refractivity contribution < 1.29 is 13.7 Å².